The Morgan fingerprint density at radius 2 is 1.87 bits per heavy atom. The minimum Gasteiger partial charge on any atom is -0.307 e. The molecule has 0 unspecified atom stereocenters. The van der Waals surface area contributed by atoms with Crippen molar-refractivity contribution in [2.75, 3.05) is 19.4 Å². The lowest BCUT2D eigenvalue weighted by Gasteiger charge is -2.14. The molecule has 0 spiro atoms. The Kier molecular flexibility index (Phi) is 5.26. The van der Waals surface area contributed by atoms with Crippen molar-refractivity contribution in [2.45, 2.75) is 4.90 Å². The molecular weight excluding hydrogens is 361 g/mol. The molecule has 0 saturated carbocycles. The fourth-order valence-electron chi connectivity index (χ4n) is 1.72. The number of hydrogen-bond donors (Lipinski definition) is 1. The minimum atomic E-state index is -3.81. The van der Waals surface area contributed by atoms with Gasteiger partial charge in [-0.15, -0.1) is 0 Å². The summed E-state index contributed by atoms with van der Waals surface area (Å²) in [6.07, 6.45) is 1.51. The number of carbonyl (C=O) groups excluding carboxylic acids is 1. The summed E-state index contributed by atoms with van der Waals surface area (Å²) in [4.78, 5) is 16.1. The van der Waals surface area contributed by atoms with Crippen LogP contribution in [0, 0.1) is 0 Å². The number of sulfonamides is 1. The normalized spacial score (nSPS) is 11.5. The van der Waals surface area contributed by atoms with E-state index in [-0.39, 0.29) is 20.5 Å². The van der Waals surface area contributed by atoms with Gasteiger partial charge in [0.2, 0.25) is 10.0 Å². The predicted octanol–water partition coefficient (Wildman–Crippen LogP) is 2.89. The van der Waals surface area contributed by atoms with Crippen LogP contribution in [0.15, 0.2) is 41.4 Å². The molecule has 1 aromatic carbocycles. The van der Waals surface area contributed by atoms with E-state index in [4.69, 9.17) is 23.2 Å². The second kappa shape index (κ2) is 6.84. The van der Waals surface area contributed by atoms with Crippen LogP contribution in [0.1, 0.15) is 10.4 Å². The number of anilines is 1. The van der Waals surface area contributed by atoms with Gasteiger partial charge in [0.1, 0.15) is 10.7 Å². The molecule has 122 valence electrons. The second-order valence-electron chi connectivity index (χ2n) is 4.72. The molecule has 2 aromatic rings. The molecule has 0 bridgehead atoms. The van der Waals surface area contributed by atoms with E-state index in [1.807, 2.05) is 0 Å². The van der Waals surface area contributed by atoms with Crippen LogP contribution in [-0.2, 0) is 10.0 Å². The maximum absolute atomic E-state index is 12.3. The number of hydrogen-bond acceptors (Lipinski definition) is 4. The summed E-state index contributed by atoms with van der Waals surface area (Å²) in [7, 11) is -1.07. The lowest BCUT2D eigenvalue weighted by Crippen LogP contribution is -2.23. The molecule has 6 nitrogen and oxygen atoms in total. The zero-order chi connectivity index (χ0) is 17.2. The lowest BCUT2D eigenvalue weighted by atomic mass is 10.2. The average molecular weight is 374 g/mol. The summed E-state index contributed by atoms with van der Waals surface area (Å²) in [5.74, 6) is -0.263. The SMILES string of the molecule is CN(C)S(=O)(=O)c1cc(C(=O)Nc2ccccn2)c(Cl)cc1Cl. The number of halogens is 2. The summed E-state index contributed by atoms with van der Waals surface area (Å²) in [6, 6.07) is 7.38. The van der Waals surface area contributed by atoms with Crippen LogP contribution in [0.2, 0.25) is 10.0 Å². The first-order chi connectivity index (χ1) is 10.7. The number of nitrogens with one attached hydrogen (secondary N) is 1. The van der Waals surface area contributed by atoms with Crippen molar-refractivity contribution < 1.29 is 13.2 Å². The summed E-state index contributed by atoms with van der Waals surface area (Å²) < 4.78 is 25.5. The Balaban J connectivity index is 2.45. The van der Waals surface area contributed by atoms with Crippen LogP contribution in [-0.4, -0.2) is 37.7 Å². The van der Waals surface area contributed by atoms with Gasteiger partial charge in [0.25, 0.3) is 5.91 Å². The minimum absolute atomic E-state index is 0.0119. The van der Waals surface area contributed by atoms with E-state index in [1.165, 1.54) is 26.4 Å². The number of carbonyl (C=O) groups is 1. The topological polar surface area (TPSA) is 79.4 Å². The van der Waals surface area contributed by atoms with Gasteiger partial charge in [-0.25, -0.2) is 17.7 Å². The monoisotopic (exact) mass is 373 g/mol. The van der Waals surface area contributed by atoms with Crippen LogP contribution in [0.3, 0.4) is 0 Å². The van der Waals surface area contributed by atoms with E-state index in [0.29, 0.717) is 5.82 Å². The van der Waals surface area contributed by atoms with Gasteiger partial charge < -0.3 is 5.32 Å². The summed E-state index contributed by atoms with van der Waals surface area (Å²) in [5, 5.41) is 2.53. The molecule has 1 heterocycles. The van der Waals surface area contributed by atoms with E-state index in [1.54, 1.807) is 18.2 Å². The fraction of sp³-hybridized carbons (Fsp3) is 0.143. The summed E-state index contributed by atoms with van der Waals surface area (Å²) >= 11 is 12.0. The number of rotatable bonds is 4. The molecule has 9 heteroatoms. The maximum atomic E-state index is 12.3. The van der Waals surface area contributed by atoms with Gasteiger partial charge in [0, 0.05) is 20.3 Å². The van der Waals surface area contributed by atoms with Gasteiger partial charge in [0.05, 0.1) is 15.6 Å². The highest BCUT2D eigenvalue weighted by molar-refractivity contribution is 7.89. The van der Waals surface area contributed by atoms with E-state index >= 15 is 0 Å². The van der Waals surface area contributed by atoms with Gasteiger partial charge in [-0.3, -0.25) is 4.79 Å². The number of pyridine rings is 1. The van der Waals surface area contributed by atoms with Crippen LogP contribution in [0.25, 0.3) is 0 Å². The summed E-state index contributed by atoms with van der Waals surface area (Å²) in [5.41, 5.74) is -0.0119. The molecule has 2 rings (SSSR count). The highest BCUT2D eigenvalue weighted by Crippen LogP contribution is 2.30. The highest BCUT2D eigenvalue weighted by atomic mass is 35.5. The van der Waals surface area contributed by atoms with Crippen molar-refractivity contribution >= 4 is 45.0 Å². The van der Waals surface area contributed by atoms with E-state index in [9.17, 15) is 13.2 Å². The molecule has 1 N–H and O–H groups in total. The van der Waals surface area contributed by atoms with Crippen molar-refractivity contribution in [2.24, 2.45) is 0 Å². The highest BCUT2D eigenvalue weighted by Gasteiger charge is 2.24. The largest absolute Gasteiger partial charge is 0.307 e. The lowest BCUT2D eigenvalue weighted by molar-refractivity contribution is 0.102. The Morgan fingerprint density at radius 1 is 1.17 bits per heavy atom. The summed E-state index contributed by atoms with van der Waals surface area (Å²) in [6.45, 7) is 0. The first-order valence-corrected chi connectivity index (χ1v) is 8.57. The molecule has 0 atom stereocenters. The van der Waals surface area contributed by atoms with Crippen molar-refractivity contribution in [3.63, 3.8) is 0 Å². The number of amides is 1. The molecule has 0 fully saturated rings. The fourth-order valence-corrected chi connectivity index (χ4v) is 3.44. The number of nitrogens with zero attached hydrogens (tertiary/aromatic N) is 2. The third kappa shape index (κ3) is 3.81. The van der Waals surface area contributed by atoms with E-state index in [0.717, 1.165) is 10.4 Å². The average Bonchev–Trinajstić information content (AvgIpc) is 2.47. The van der Waals surface area contributed by atoms with Gasteiger partial charge in [-0.2, -0.15) is 0 Å². The van der Waals surface area contributed by atoms with Crippen molar-refractivity contribution in [1.82, 2.24) is 9.29 Å². The van der Waals surface area contributed by atoms with Crippen LogP contribution < -0.4 is 5.32 Å². The van der Waals surface area contributed by atoms with E-state index in [2.05, 4.69) is 10.3 Å². The van der Waals surface area contributed by atoms with Crippen molar-refractivity contribution in [1.29, 1.82) is 0 Å². The predicted molar refractivity (Wildman–Crippen MR) is 89.5 cm³/mol. The van der Waals surface area contributed by atoms with Gasteiger partial charge in [0.15, 0.2) is 0 Å². The number of benzene rings is 1. The van der Waals surface area contributed by atoms with E-state index < -0.39 is 15.9 Å². The second-order valence-corrected chi connectivity index (χ2v) is 7.65. The molecule has 23 heavy (non-hydrogen) atoms. The number of aromatic nitrogens is 1. The van der Waals surface area contributed by atoms with Crippen LogP contribution in [0.4, 0.5) is 5.82 Å². The van der Waals surface area contributed by atoms with Crippen molar-refractivity contribution in [3.8, 4) is 0 Å². The third-order valence-electron chi connectivity index (χ3n) is 2.93. The molecule has 1 aromatic heterocycles. The van der Waals surface area contributed by atoms with Crippen LogP contribution >= 0.6 is 23.2 Å². The van der Waals surface area contributed by atoms with Crippen molar-refractivity contribution in [3.05, 3.63) is 52.1 Å². The molecule has 0 aliphatic rings. The third-order valence-corrected chi connectivity index (χ3v) is 5.52. The quantitative estimate of drug-likeness (QED) is 0.893. The van der Waals surface area contributed by atoms with Gasteiger partial charge in [-0.05, 0) is 24.3 Å². The molecule has 0 aliphatic carbocycles. The van der Waals surface area contributed by atoms with Gasteiger partial charge in [-0.1, -0.05) is 29.3 Å². The molecule has 0 aliphatic heterocycles. The van der Waals surface area contributed by atoms with Gasteiger partial charge >= 0.3 is 0 Å². The first kappa shape index (κ1) is 17.7. The zero-order valence-electron chi connectivity index (χ0n) is 12.2. The molecular formula is C14H13Cl2N3O3S. The standard InChI is InChI=1S/C14H13Cl2N3O3S/c1-19(2)23(21,22)12-7-9(10(15)8-11(12)16)14(20)18-13-5-3-4-6-17-13/h3-8H,1-2H3,(H,17,18,20). The zero-order valence-corrected chi connectivity index (χ0v) is 14.6. The molecule has 1 amide bonds. The smallest absolute Gasteiger partial charge is 0.258 e. The maximum Gasteiger partial charge on any atom is 0.258 e. The Hall–Kier alpha value is -1.67. The molecule has 0 radical (unpaired) electrons. The Labute approximate surface area is 144 Å². The Bertz CT molecular complexity index is 840. The first-order valence-electron chi connectivity index (χ1n) is 6.37. The molecule has 0 saturated heterocycles. The van der Waals surface area contributed by atoms with Crippen LogP contribution in [0.5, 0.6) is 0 Å². The Morgan fingerprint density at radius 3 is 2.43 bits per heavy atom.